The third kappa shape index (κ3) is 3.74. The highest BCUT2D eigenvalue weighted by atomic mass is 16.5. The fourth-order valence-electron chi connectivity index (χ4n) is 1.94. The number of rotatable bonds is 6. The molecule has 100 valence electrons. The average Bonchev–Trinajstić information content (AvgIpc) is 2.28. The number of aliphatic carboxylic acids is 1. The number of nitrogens with zero attached hydrogens (tertiary/aromatic N) is 1. The molecule has 1 aromatic rings. The number of methoxy groups -OCH3 is 1. The number of carboxylic acids is 1. The third-order valence-corrected chi connectivity index (χ3v) is 2.82. The molecular weight excluding hydrogens is 230 g/mol. The second-order valence-electron chi connectivity index (χ2n) is 4.79. The van der Waals surface area contributed by atoms with E-state index in [1.165, 1.54) is 0 Å². The van der Waals surface area contributed by atoms with Gasteiger partial charge in [0.05, 0.1) is 13.0 Å². The van der Waals surface area contributed by atoms with Gasteiger partial charge in [-0.2, -0.15) is 0 Å². The van der Waals surface area contributed by atoms with Gasteiger partial charge in [-0.1, -0.05) is 25.1 Å². The summed E-state index contributed by atoms with van der Waals surface area (Å²) in [6, 6.07) is 5.89. The number of ether oxygens (including phenoxy) is 1. The van der Waals surface area contributed by atoms with Gasteiger partial charge in [0.15, 0.2) is 0 Å². The van der Waals surface area contributed by atoms with Crippen LogP contribution in [0.5, 0.6) is 5.75 Å². The molecule has 0 radical (unpaired) electrons. The second-order valence-corrected chi connectivity index (χ2v) is 4.79. The fourth-order valence-corrected chi connectivity index (χ4v) is 1.94. The highest BCUT2D eigenvalue weighted by Crippen LogP contribution is 2.27. The van der Waals surface area contributed by atoms with Crippen LogP contribution >= 0.6 is 0 Å². The van der Waals surface area contributed by atoms with Crippen molar-refractivity contribution in [1.82, 2.24) is 4.90 Å². The molecule has 0 heterocycles. The molecule has 1 N–H and O–H groups in total. The molecular formula is C14H21NO3. The predicted molar refractivity (Wildman–Crippen MR) is 70.9 cm³/mol. The summed E-state index contributed by atoms with van der Waals surface area (Å²) in [5.41, 5.74) is 2.03. The number of para-hydroxylation sites is 1. The number of hydrogen-bond donors (Lipinski definition) is 1. The molecule has 0 aliphatic carbocycles. The number of carbonyl (C=O) groups is 1. The number of benzene rings is 1. The monoisotopic (exact) mass is 251 g/mol. The Hall–Kier alpha value is -1.55. The van der Waals surface area contributed by atoms with Crippen LogP contribution < -0.4 is 4.74 Å². The molecule has 0 amide bonds. The van der Waals surface area contributed by atoms with Crippen LogP contribution in [-0.2, 0) is 17.8 Å². The van der Waals surface area contributed by atoms with E-state index in [1.54, 1.807) is 14.0 Å². The number of carboxylic acid groups (broad SMARTS) is 1. The van der Waals surface area contributed by atoms with Crippen molar-refractivity contribution in [3.8, 4) is 5.75 Å². The maximum absolute atomic E-state index is 10.9. The molecule has 0 bridgehead atoms. The zero-order valence-electron chi connectivity index (χ0n) is 11.4. The number of hydrogen-bond acceptors (Lipinski definition) is 3. The largest absolute Gasteiger partial charge is 0.496 e. The van der Waals surface area contributed by atoms with Crippen LogP contribution in [0.4, 0.5) is 0 Å². The fraction of sp³-hybridized carbons (Fsp3) is 0.500. The van der Waals surface area contributed by atoms with Crippen molar-refractivity contribution in [3.63, 3.8) is 0 Å². The molecule has 0 aliphatic heterocycles. The maximum atomic E-state index is 10.9. The topological polar surface area (TPSA) is 49.8 Å². The summed E-state index contributed by atoms with van der Waals surface area (Å²) in [5, 5.41) is 8.97. The molecule has 1 rings (SSSR count). The van der Waals surface area contributed by atoms with Crippen LogP contribution in [0.15, 0.2) is 18.2 Å². The van der Waals surface area contributed by atoms with Gasteiger partial charge in [-0.25, -0.2) is 0 Å². The van der Waals surface area contributed by atoms with Gasteiger partial charge in [0.2, 0.25) is 0 Å². The highest BCUT2D eigenvalue weighted by molar-refractivity contribution is 5.70. The normalized spacial score (nSPS) is 12.5. The lowest BCUT2D eigenvalue weighted by Crippen LogP contribution is -2.15. The van der Waals surface area contributed by atoms with E-state index in [4.69, 9.17) is 9.84 Å². The zero-order valence-corrected chi connectivity index (χ0v) is 11.4. The third-order valence-electron chi connectivity index (χ3n) is 2.82. The molecule has 1 unspecified atom stereocenters. The van der Waals surface area contributed by atoms with Crippen molar-refractivity contribution in [2.45, 2.75) is 19.9 Å². The van der Waals surface area contributed by atoms with Crippen LogP contribution in [0.2, 0.25) is 0 Å². The summed E-state index contributed by atoms with van der Waals surface area (Å²) in [7, 11) is 5.61. The molecule has 0 spiro atoms. The molecule has 0 aromatic heterocycles. The molecule has 0 saturated heterocycles. The van der Waals surface area contributed by atoms with E-state index >= 15 is 0 Å². The minimum atomic E-state index is -0.782. The van der Waals surface area contributed by atoms with Crippen LogP contribution in [0.25, 0.3) is 0 Å². The lowest BCUT2D eigenvalue weighted by molar-refractivity contribution is -0.141. The van der Waals surface area contributed by atoms with Crippen molar-refractivity contribution >= 4 is 5.97 Å². The Labute approximate surface area is 108 Å². The van der Waals surface area contributed by atoms with Gasteiger partial charge in [-0.05, 0) is 26.1 Å². The van der Waals surface area contributed by atoms with Crippen LogP contribution in [0, 0.1) is 5.92 Å². The Balaban J connectivity index is 3.00. The van der Waals surface area contributed by atoms with Gasteiger partial charge in [-0.3, -0.25) is 4.79 Å². The van der Waals surface area contributed by atoms with Crippen molar-refractivity contribution in [2.75, 3.05) is 21.2 Å². The molecule has 0 aliphatic rings. The van der Waals surface area contributed by atoms with E-state index in [1.807, 2.05) is 32.3 Å². The highest BCUT2D eigenvalue weighted by Gasteiger charge is 2.16. The molecule has 4 nitrogen and oxygen atoms in total. The summed E-state index contributed by atoms with van der Waals surface area (Å²) in [6.07, 6.45) is 0.486. The van der Waals surface area contributed by atoms with Crippen LogP contribution in [0.3, 0.4) is 0 Å². The van der Waals surface area contributed by atoms with Gasteiger partial charge in [0.25, 0.3) is 0 Å². The average molecular weight is 251 g/mol. The first kappa shape index (κ1) is 14.5. The van der Waals surface area contributed by atoms with Crippen molar-refractivity contribution in [1.29, 1.82) is 0 Å². The van der Waals surface area contributed by atoms with Crippen molar-refractivity contribution < 1.29 is 14.6 Å². The zero-order chi connectivity index (χ0) is 13.7. The first-order valence-electron chi connectivity index (χ1n) is 5.98. The second kappa shape index (κ2) is 6.40. The Kier molecular flexibility index (Phi) is 5.16. The minimum Gasteiger partial charge on any atom is -0.496 e. The summed E-state index contributed by atoms with van der Waals surface area (Å²) in [5.74, 6) is -0.386. The summed E-state index contributed by atoms with van der Waals surface area (Å²) in [6.45, 7) is 2.48. The van der Waals surface area contributed by atoms with Crippen molar-refractivity contribution in [2.24, 2.45) is 5.92 Å². The summed E-state index contributed by atoms with van der Waals surface area (Å²) < 4.78 is 5.44. The smallest absolute Gasteiger partial charge is 0.306 e. The van der Waals surface area contributed by atoms with Gasteiger partial charge in [0.1, 0.15) is 5.75 Å². The Morgan fingerprint density at radius 2 is 2.00 bits per heavy atom. The Morgan fingerprint density at radius 3 is 2.50 bits per heavy atom. The van der Waals surface area contributed by atoms with E-state index < -0.39 is 11.9 Å². The maximum Gasteiger partial charge on any atom is 0.306 e. The van der Waals surface area contributed by atoms with E-state index in [9.17, 15) is 4.79 Å². The van der Waals surface area contributed by atoms with Gasteiger partial charge < -0.3 is 14.7 Å². The molecule has 0 saturated carbocycles. The summed E-state index contributed by atoms with van der Waals surface area (Å²) >= 11 is 0. The van der Waals surface area contributed by atoms with Gasteiger partial charge in [-0.15, -0.1) is 0 Å². The first-order chi connectivity index (χ1) is 8.45. The van der Waals surface area contributed by atoms with E-state index in [0.717, 1.165) is 23.4 Å². The quantitative estimate of drug-likeness (QED) is 0.840. The lowest BCUT2D eigenvalue weighted by Gasteiger charge is -2.17. The van der Waals surface area contributed by atoms with Gasteiger partial charge in [0, 0.05) is 12.1 Å². The van der Waals surface area contributed by atoms with Crippen molar-refractivity contribution in [3.05, 3.63) is 29.3 Å². The first-order valence-corrected chi connectivity index (χ1v) is 5.98. The standard InChI is InChI=1S/C14H21NO3/c1-10(14(16)17)8-11-6-5-7-12(9-15(2)3)13(11)18-4/h5-7,10H,8-9H2,1-4H3,(H,16,17). The summed E-state index contributed by atoms with van der Waals surface area (Å²) in [4.78, 5) is 13.0. The van der Waals surface area contributed by atoms with E-state index in [0.29, 0.717) is 6.42 Å². The lowest BCUT2D eigenvalue weighted by atomic mass is 9.98. The molecule has 4 heteroatoms. The SMILES string of the molecule is COc1c(CC(C)C(=O)O)cccc1CN(C)C. The van der Waals surface area contributed by atoms with Crippen LogP contribution in [0.1, 0.15) is 18.1 Å². The Morgan fingerprint density at radius 1 is 1.39 bits per heavy atom. The van der Waals surface area contributed by atoms with Gasteiger partial charge >= 0.3 is 5.97 Å². The molecule has 18 heavy (non-hydrogen) atoms. The van der Waals surface area contributed by atoms with Crippen LogP contribution in [-0.4, -0.2) is 37.2 Å². The molecule has 1 atom stereocenters. The molecule has 1 aromatic carbocycles. The van der Waals surface area contributed by atoms with E-state index in [2.05, 4.69) is 4.90 Å². The molecule has 0 fully saturated rings. The predicted octanol–water partition coefficient (Wildman–Crippen LogP) is 2.02. The Bertz CT molecular complexity index is 416. The minimum absolute atomic E-state index is 0.409. The van der Waals surface area contributed by atoms with E-state index in [-0.39, 0.29) is 0 Å².